The third-order valence-electron chi connectivity index (χ3n) is 5.49. The van der Waals surface area contributed by atoms with Crippen molar-refractivity contribution in [1.82, 2.24) is 34.7 Å². The Morgan fingerprint density at radius 2 is 2.10 bits per heavy atom. The van der Waals surface area contributed by atoms with Crippen molar-refractivity contribution in [3.63, 3.8) is 0 Å². The first kappa shape index (κ1) is 17.8. The fourth-order valence-corrected chi connectivity index (χ4v) is 3.70. The molecule has 0 radical (unpaired) electrons. The molecule has 31 heavy (non-hydrogen) atoms. The van der Waals surface area contributed by atoms with Crippen LogP contribution in [0.25, 0.3) is 16.6 Å². The zero-order chi connectivity index (χ0) is 20.8. The zero-order valence-corrected chi connectivity index (χ0v) is 16.6. The molecule has 0 aromatic carbocycles. The van der Waals surface area contributed by atoms with E-state index >= 15 is 0 Å². The van der Waals surface area contributed by atoms with Gasteiger partial charge < -0.3 is 14.1 Å². The molecule has 0 aliphatic heterocycles. The molecule has 1 aliphatic carbocycles. The molecule has 1 saturated carbocycles. The Hall–Kier alpha value is -4.01. The molecule has 9 nitrogen and oxygen atoms in total. The van der Waals surface area contributed by atoms with Crippen LogP contribution in [0, 0.1) is 0 Å². The summed E-state index contributed by atoms with van der Waals surface area (Å²) in [6.07, 6.45) is 11.6. The van der Waals surface area contributed by atoms with Gasteiger partial charge in [-0.1, -0.05) is 11.3 Å². The van der Waals surface area contributed by atoms with Crippen molar-refractivity contribution < 1.29 is 9.21 Å². The van der Waals surface area contributed by atoms with E-state index in [9.17, 15) is 4.79 Å². The van der Waals surface area contributed by atoms with Crippen LogP contribution < -0.4 is 5.32 Å². The monoisotopic (exact) mass is 413 g/mol. The van der Waals surface area contributed by atoms with Crippen LogP contribution in [0.4, 0.5) is 0 Å². The molecule has 5 aromatic heterocycles. The molecule has 1 amide bonds. The molecule has 154 valence electrons. The molecule has 1 fully saturated rings. The summed E-state index contributed by atoms with van der Waals surface area (Å²) in [5.41, 5.74) is 4.82. The van der Waals surface area contributed by atoms with Gasteiger partial charge in [-0.25, -0.2) is 9.67 Å². The number of fused-ring (bicyclic) bond motifs is 2. The SMILES string of the molecule is O=C(NCc1cc2occc2cn1)c1cn(Cc2cn3cc(C4CC4)ccc3n2)nn1. The number of hydrogen-bond donors (Lipinski definition) is 1. The molecule has 0 atom stereocenters. The summed E-state index contributed by atoms with van der Waals surface area (Å²) in [4.78, 5) is 21.4. The van der Waals surface area contributed by atoms with Gasteiger partial charge in [0.15, 0.2) is 5.69 Å². The molecule has 5 heterocycles. The van der Waals surface area contributed by atoms with E-state index in [0.29, 0.717) is 18.2 Å². The second-order valence-corrected chi connectivity index (χ2v) is 7.85. The number of carbonyl (C=O) groups is 1. The molecule has 0 bridgehead atoms. The van der Waals surface area contributed by atoms with Crippen LogP contribution in [0.2, 0.25) is 0 Å². The van der Waals surface area contributed by atoms with Crippen LogP contribution >= 0.6 is 0 Å². The third-order valence-corrected chi connectivity index (χ3v) is 5.49. The van der Waals surface area contributed by atoms with E-state index in [0.717, 1.165) is 22.3 Å². The van der Waals surface area contributed by atoms with Crippen molar-refractivity contribution in [3.8, 4) is 0 Å². The van der Waals surface area contributed by atoms with Crippen LogP contribution in [0.1, 0.15) is 46.2 Å². The summed E-state index contributed by atoms with van der Waals surface area (Å²) in [7, 11) is 0. The number of hydrogen-bond acceptors (Lipinski definition) is 6. The lowest BCUT2D eigenvalue weighted by molar-refractivity contribution is 0.0945. The smallest absolute Gasteiger partial charge is 0.273 e. The van der Waals surface area contributed by atoms with Gasteiger partial charge in [0.25, 0.3) is 5.91 Å². The predicted octanol–water partition coefficient (Wildman–Crippen LogP) is 2.92. The summed E-state index contributed by atoms with van der Waals surface area (Å²) in [6, 6.07) is 7.86. The maximum Gasteiger partial charge on any atom is 0.273 e. The lowest BCUT2D eigenvalue weighted by Gasteiger charge is -2.02. The van der Waals surface area contributed by atoms with Crippen molar-refractivity contribution in [2.24, 2.45) is 0 Å². The first-order valence-corrected chi connectivity index (χ1v) is 10.2. The van der Waals surface area contributed by atoms with Crippen LogP contribution in [0.5, 0.6) is 0 Å². The van der Waals surface area contributed by atoms with Crippen LogP contribution in [0.15, 0.2) is 59.7 Å². The zero-order valence-electron chi connectivity index (χ0n) is 16.6. The molecule has 5 aromatic rings. The Morgan fingerprint density at radius 3 is 3.00 bits per heavy atom. The summed E-state index contributed by atoms with van der Waals surface area (Å²) in [5, 5.41) is 11.8. The van der Waals surface area contributed by atoms with Crippen molar-refractivity contribution in [3.05, 3.63) is 78.0 Å². The molecular weight excluding hydrogens is 394 g/mol. The lowest BCUT2D eigenvalue weighted by Crippen LogP contribution is -2.23. The molecule has 1 aliphatic rings. The number of carbonyl (C=O) groups excluding carboxylic acids is 1. The molecule has 0 saturated heterocycles. The minimum Gasteiger partial charge on any atom is -0.464 e. The fraction of sp³-hybridized carbons (Fsp3) is 0.227. The van der Waals surface area contributed by atoms with Crippen molar-refractivity contribution in [2.75, 3.05) is 0 Å². The Bertz CT molecular complexity index is 1410. The second-order valence-electron chi connectivity index (χ2n) is 7.85. The summed E-state index contributed by atoms with van der Waals surface area (Å²) in [6.45, 7) is 0.718. The predicted molar refractivity (Wildman–Crippen MR) is 111 cm³/mol. The lowest BCUT2D eigenvalue weighted by atomic mass is 10.2. The molecule has 0 unspecified atom stereocenters. The third kappa shape index (κ3) is 3.54. The van der Waals surface area contributed by atoms with Crippen LogP contribution in [-0.2, 0) is 13.1 Å². The van der Waals surface area contributed by atoms with Gasteiger partial charge in [-0.05, 0) is 36.5 Å². The van der Waals surface area contributed by atoms with E-state index in [2.05, 4.69) is 42.3 Å². The summed E-state index contributed by atoms with van der Waals surface area (Å²) in [5.74, 6) is 0.388. The number of amides is 1. The van der Waals surface area contributed by atoms with Gasteiger partial charge in [0.05, 0.1) is 36.9 Å². The number of nitrogens with zero attached hydrogens (tertiary/aromatic N) is 6. The Kier molecular flexibility index (Phi) is 4.05. The van der Waals surface area contributed by atoms with E-state index in [-0.39, 0.29) is 18.1 Å². The van der Waals surface area contributed by atoms with Crippen molar-refractivity contribution in [1.29, 1.82) is 0 Å². The molecule has 0 spiro atoms. The average molecular weight is 413 g/mol. The molecule has 9 heteroatoms. The maximum atomic E-state index is 12.4. The number of nitrogens with one attached hydrogen (secondary N) is 1. The van der Waals surface area contributed by atoms with Gasteiger partial charge in [-0.2, -0.15) is 0 Å². The summed E-state index contributed by atoms with van der Waals surface area (Å²) >= 11 is 0. The number of imidazole rings is 1. The summed E-state index contributed by atoms with van der Waals surface area (Å²) < 4.78 is 9.04. The highest BCUT2D eigenvalue weighted by Crippen LogP contribution is 2.39. The van der Waals surface area contributed by atoms with E-state index < -0.39 is 0 Å². The normalized spacial score (nSPS) is 13.8. The van der Waals surface area contributed by atoms with Gasteiger partial charge in [0.1, 0.15) is 11.2 Å². The fourth-order valence-electron chi connectivity index (χ4n) is 3.70. The van der Waals surface area contributed by atoms with E-state index in [1.807, 2.05) is 24.4 Å². The molecular formula is C22H19N7O2. The second kappa shape index (κ2) is 7.05. The molecule has 1 N–H and O–H groups in total. The Labute approximate surface area is 176 Å². The highest BCUT2D eigenvalue weighted by atomic mass is 16.3. The minimum absolute atomic E-state index is 0.249. The quantitative estimate of drug-likeness (QED) is 0.459. The van der Waals surface area contributed by atoms with Crippen LogP contribution in [-0.4, -0.2) is 35.3 Å². The molecule has 6 rings (SSSR count). The van der Waals surface area contributed by atoms with Crippen molar-refractivity contribution >= 4 is 22.5 Å². The van der Waals surface area contributed by atoms with Crippen LogP contribution in [0.3, 0.4) is 0 Å². The van der Waals surface area contributed by atoms with E-state index in [1.165, 1.54) is 18.4 Å². The first-order chi connectivity index (χ1) is 15.2. The Balaban J connectivity index is 1.12. The number of aromatic nitrogens is 6. The van der Waals surface area contributed by atoms with Crippen molar-refractivity contribution in [2.45, 2.75) is 31.8 Å². The van der Waals surface area contributed by atoms with Gasteiger partial charge in [-0.15, -0.1) is 5.10 Å². The first-order valence-electron chi connectivity index (χ1n) is 10.2. The van der Waals surface area contributed by atoms with E-state index in [4.69, 9.17) is 4.42 Å². The largest absolute Gasteiger partial charge is 0.464 e. The number of rotatable bonds is 6. The van der Waals surface area contributed by atoms with E-state index in [1.54, 1.807) is 23.3 Å². The number of furan rings is 1. The average Bonchev–Trinajstić information content (AvgIpc) is 3.17. The van der Waals surface area contributed by atoms with Gasteiger partial charge in [0.2, 0.25) is 0 Å². The topological polar surface area (TPSA) is 103 Å². The highest BCUT2D eigenvalue weighted by molar-refractivity contribution is 5.91. The highest BCUT2D eigenvalue weighted by Gasteiger charge is 2.23. The Morgan fingerprint density at radius 1 is 1.16 bits per heavy atom. The minimum atomic E-state index is -0.309. The number of pyridine rings is 2. The van der Waals surface area contributed by atoms with Gasteiger partial charge >= 0.3 is 0 Å². The standard InChI is InChI=1S/C22H19N7O2/c30-22(24-9-17-7-20-15(8-23-17)5-6-31-20)19-13-29(27-26-19)12-18-11-28-10-16(14-1-2-14)3-4-21(28)25-18/h3-8,10-11,13-14H,1-2,9,12H2,(H,24,30). The van der Waals surface area contributed by atoms with Gasteiger partial charge in [0, 0.05) is 30.0 Å². The maximum absolute atomic E-state index is 12.4. The van der Waals surface area contributed by atoms with Gasteiger partial charge in [-0.3, -0.25) is 9.78 Å².